The molecule has 1 aromatic carbocycles. The third-order valence-electron chi connectivity index (χ3n) is 3.73. The molecule has 176 valence electrons. The molecule has 14 heteroatoms. The maximum Gasteiger partial charge on any atom is 0.283 e. The van der Waals surface area contributed by atoms with Crippen LogP contribution in [0, 0.1) is 0 Å². The highest BCUT2D eigenvalue weighted by Gasteiger charge is 2.16. The van der Waals surface area contributed by atoms with Crippen LogP contribution in [0.25, 0.3) is 17.4 Å². The maximum absolute atomic E-state index is 12.7. The summed E-state index contributed by atoms with van der Waals surface area (Å²) in [4.78, 5) is 21.2. The second-order valence-electron chi connectivity index (χ2n) is 5.68. The number of rotatable bonds is 7. The third-order valence-corrected chi connectivity index (χ3v) is 5.91. The maximum atomic E-state index is 12.7. The number of benzene rings is 1. The molecule has 0 aliphatic carbocycles. The lowest BCUT2D eigenvalue weighted by Gasteiger charge is -2.09. The highest BCUT2D eigenvalue weighted by molar-refractivity contribution is 9.10. The zero-order valence-electron chi connectivity index (χ0n) is 17.4. The van der Waals surface area contributed by atoms with Gasteiger partial charge in [0, 0.05) is 13.3 Å². The molecule has 0 aliphatic heterocycles. The summed E-state index contributed by atoms with van der Waals surface area (Å²) in [5, 5.41) is 19.9. The molecule has 3 aromatic rings. The van der Waals surface area contributed by atoms with Gasteiger partial charge in [-0.3, -0.25) is 19.2 Å². The Hall–Kier alpha value is -1.83. The van der Waals surface area contributed by atoms with Gasteiger partial charge in [-0.25, -0.2) is 4.98 Å². The first-order valence-corrected chi connectivity index (χ1v) is 12.2. The standard InChI is InChI=1S/C15H14BrN5O2.C3H9O2PS.H2O2/c16-14-18-11-12(20(14)7-4-8-22)19-15(17)21(13(11)23)9-10-5-2-1-3-6-10;1-3-5-6(7)4-2;1-2/h1-7,22H,8-9H2,(H2,17,19);7H,3H2,1-2H3;1-2H/p+1. The number of nitrogens with two attached hydrogens (primary N) is 1. The van der Waals surface area contributed by atoms with Crippen molar-refractivity contribution in [3.05, 3.63) is 57.1 Å². The van der Waals surface area contributed by atoms with Gasteiger partial charge >= 0.3 is 0 Å². The van der Waals surface area contributed by atoms with Crippen LogP contribution in [0.3, 0.4) is 0 Å². The SMILES string of the molecule is CCOP(S)OC.Nc1nc2c(nc(Br)n2C=CCO)c(=O)n1Cc1ccccc1.O[OH2+]. The van der Waals surface area contributed by atoms with Crippen LogP contribution in [0.2, 0.25) is 0 Å². The fourth-order valence-electron chi connectivity index (χ4n) is 2.42. The van der Waals surface area contributed by atoms with Crippen molar-refractivity contribution in [3.63, 3.8) is 0 Å². The summed E-state index contributed by atoms with van der Waals surface area (Å²) >= 11 is 7.21. The fraction of sp³-hybridized carbons (Fsp3) is 0.278. The lowest BCUT2D eigenvalue weighted by atomic mass is 10.2. The summed E-state index contributed by atoms with van der Waals surface area (Å²) in [5.41, 5.74) is 7.15. The van der Waals surface area contributed by atoms with E-state index in [0.717, 1.165) is 5.56 Å². The second-order valence-corrected chi connectivity index (χ2v) is 8.46. The zero-order chi connectivity index (χ0) is 24.1. The van der Waals surface area contributed by atoms with Crippen LogP contribution in [0.15, 0.2) is 45.9 Å². The minimum absolute atomic E-state index is 0.109. The lowest BCUT2D eigenvalue weighted by molar-refractivity contribution is -0.176. The summed E-state index contributed by atoms with van der Waals surface area (Å²) in [7, 11) is 0.694. The van der Waals surface area contributed by atoms with Gasteiger partial charge in [-0.05, 0) is 34.5 Å². The Kier molecular flexibility index (Phi) is 13.3. The van der Waals surface area contributed by atoms with E-state index in [2.05, 4.69) is 38.1 Å². The minimum Gasteiger partial charge on any atom is -0.392 e. The molecular formula is C18H26BrN5O6PS+. The zero-order valence-corrected chi connectivity index (χ0v) is 20.8. The summed E-state index contributed by atoms with van der Waals surface area (Å²) in [6.07, 6.45) is 3.09. The van der Waals surface area contributed by atoms with Crippen LogP contribution >= 0.6 is 35.8 Å². The Balaban J connectivity index is 0.000000488. The Labute approximate surface area is 199 Å². The summed E-state index contributed by atoms with van der Waals surface area (Å²) in [5.74, 6) is 0.109. The van der Waals surface area contributed by atoms with Crippen LogP contribution in [-0.2, 0) is 15.6 Å². The molecule has 6 N–H and O–H groups in total. The number of fused-ring (bicyclic) bond motifs is 1. The van der Waals surface area contributed by atoms with Gasteiger partial charge in [-0.1, -0.05) is 42.6 Å². The largest absolute Gasteiger partial charge is 0.392 e. The molecule has 0 fully saturated rings. The molecule has 1 unspecified atom stereocenters. The topological polar surface area (TPSA) is 161 Å². The fourth-order valence-corrected chi connectivity index (χ4v) is 3.55. The van der Waals surface area contributed by atoms with E-state index in [1.165, 1.54) is 10.6 Å². The Morgan fingerprint density at radius 3 is 2.50 bits per heavy atom. The Morgan fingerprint density at radius 1 is 1.31 bits per heavy atom. The van der Waals surface area contributed by atoms with E-state index in [-0.39, 0.29) is 23.6 Å². The third kappa shape index (κ3) is 7.94. The number of halogens is 1. The Morgan fingerprint density at radius 2 is 1.97 bits per heavy atom. The molecule has 0 saturated carbocycles. The van der Waals surface area contributed by atoms with Crippen molar-refractivity contribution in [1.82, 2.24) is 19.1 Å². The van der Waals surface area contributed by atoms with Gasteiger partial charge in [0.1, 0.15) is 0 Å². The van der Waals surface area contributed by atoms with Gasteiger partial charge in [0.2, 0.25) is 13.5 Å². The Bertz CT molecular complexity index is 1050. The normalized spacial score (nSPS) is 11.6. The van der Waals surface area contributed by atoms with Gasteiger partial charge in [-0.15, -0.1) is 5.26 Å². The van der Waals surface area contributed by atoms with Crippen molar-refractivity contribution in [2.24, 2.45) is 0 Å². The first kappa shape index (κ1) is 28.2. The monoisotopic (exact) mass is 550 g/mol. The number of aromatic nitrogens is 4. The van der Waals surface area contributed by atoms with E-state index in [4.69, 9.17) is 30.4 Å². The van der Waals surface area contributed by atoms with E-state index in [9.17, 15) is 4.79 Å². The second kappa shape index (κ2) is 15.1. The van der Waals surface area contributed by atoms with Crippen LogP contribution in [0.5, 0.6) is 0 Å². The molecule has 2 heterocycles. The van der Waals surface area contributed by atoms with Crippen molar-refractivity contribution in [2.75, 3.05) is 26.1 Å². The number of imidazole rings is 1. The predicted octanol–water partition coefficient (Wildman–Crippen LogP) is 2.46. The van der Waals surface area contributed by atoms with Gasteiger partial charge < -0.3 is 19.9 Å². The molecule has 0 spiro atoms. The number of nitrogen functional groups attached to an aromatic ring is 1. The molecule has 3 rings (SSSR count). The first-order chi connectivity index (χ1) is 15.4. The molecular weight excluding hydrogens is 525 g/mol. The molecule has 0 amide bonds. The molecule has 32 heavy (non-hydrogen) atoms. The number of nitrogens with zero attached hydrogens (tertiary/aromatic N) is 4. The van der Waals surface area contributed by atoms with Crippen molar-refractivity contribution >= 4 is 59.1 Å². The van der Waals surface area contributed by atoms with Crippen molar-refractivity contribution < 1.29 is 24.7 Å². The van der Waals surface area contributed by atoms with Crippen LogP contribution in [0.1, 0.15) is 12.5 Å². The molecule has 0 radical (unpaired) electrons. The summed E-state index contributed by atoms with van der Waals surface area (Å²) < 4.78 is 12.9. The summed E-state index contributed by atoms with van der Waals surface area (Å²) in [6.45, 7) is 2.77. The van der Waals surface area contributed by atoms with Crippen LogP contribution in [0.4, 0.5) is 5.95 Å². The highest BCUT2D eigenvalue weighted by atomic mass is 79.9. The molecule has 1 atom stereocenters. The number of aliphatic hydroxyl groups excluding tert-OH is 1. The van der Waals surface area contributed by atoms with E-state index in [1.807, 2.05) is 37.3 Å². The van der Waals surface area contributed by atoms with Crippen LogP contribution in [-0.4, -0.2) is 55.0 Å². The number of hydrogen-bond acceptors (Lipinski definition) is 9. The lowest BCUT2D eigenvalue weighted by Crippen LogP contribution is -2.25. The van der Waals surface area contributed by atoms with Gasteiger partial charge in [-0.2, -0.15) is 4.98 Å². The minimum atomic E-state index is -0.884. The van der Waals surface area contributed by atoms with E-state index in [1.54, 1.807) is 17.9 Å². The van der Waals surface area contributed by atoms with Gasteiger partial charge in [0.15, 0.2) is 15.9 Å². The predicted molar refractivity (Wildman–Crippen MR) is 133 cm³/mol. The molecule has 0 saturated heterocycles. The van der Waals surface area contributed by atoms with Crippen LogP contribution < -0.4 is 11.3 Å². The van der Waals surface area contributed by atoms with E-state index >= 15 is 0 Å². The number of aliphatic hydroxyl groups is 1. The van der Waals surface area contributed by atoms with Crippen molar-refractivity contribution in [3.8, 4) is 0 Å². The number of thiol groups is 1. The highest BCUT2D eigenvalue weighted by Crippen LogP contribution is 2.41. The molecule has 0 bridgehead atoms. The average molecular weight is 551 g/mol. The quantitative estimate of drug-likeness (QED) is 0.0870. The van der Waals surface area contributed by atoms with E-state index < -0.39 is 7.58 Å². The molecule has 0 aliphatic rings. The van der Waals surface area contributed by atoms with Crippen molar-refractivity contribution in [2.45, 2.75) is 13.5 Å². The average Bonchev–Trinajstić information content (AvgIpc) is 3.12. The van der Waals surface area contributed by atoms with Gasteiger partial charge in [0.05, 0.1) is 19.8 Å². The number of anilines is 1. The smallest absolute Gasteiger partial charge is 0.283 e. The van der Waals surface area contributed by atoms with Crippen molar-refractivity contribution in [1.29, 1.82) is 0 Å². The number of hydrogen-bond donors (Lipinski definition) is 4. The first-order valence-electron chi connectivity index (χ1n) is 9.06. The van der Waals surface area contributed by atoms with Gasteiger partial charge in [0.25, 0.3) is 5.56 Å². The summed E-state index contributed by atoms with van der Waals surface area (Å²) in [6, 6.07) is 9.52. The van der Waals surface area contributed by atoms with E-state index in [0.29, 0.717) is 23.5 Å². The molecule has 2 aromatic heterocycles. The molecule has 11 nitrogen and oxygen atoms in total.